The number of nitrogens with zero attached hydrogens (tertiary/aromatic N) is 1. The van der Waals surface area contributed by atoms with Gasteiger partial charge in [-0.25, -0.2) is 0 Å². The number of rotatable bonds is 3. The molecule has 2 fully saturated rings. The van der Waals surface area contributed by atoms with E-state index in [1.54, 1.807) is 0 Å². The van der Waals surface area contributed by atoms with Crippen molar-refractivity contribution in [2.24, 2.45) is 5.92 Å². The summed E-state index contributed by atoms with van der Waals surface area (Å²) in [5.74, 6) is 0.780. The summed E-state index contributed by atoms with van der Waals surface area (Å²) in [6.07, 6.45) is 4.32. The first-order chi connectivity index (χ1) is 6.84. The van der Waals surface area contributed by atoms with Crippen LogP contribution in [-0.2, 0) is 4.74 Å². The molecule has 82 valence electrons. The van der Waals surface area contributed by atoms with Crippen LogP contribution in [0.3, 0.4) is 0 Å². The summed E-state index contributed by atoms with van der Waals surface area (Å²) in [4.78, 5) is 2.40. The molecule has 0 saturated carbocycles. The van der Waals surface area contributed by atoms with E-state index in [9.17, 15) is 0 Å². The van der Waals surface area contributed by atoms with Gasteiger partial charge >= 0.3 is 0 Å². The van der Waals surface area contributed by atoms with E-state index in [0.29, 0.717) is 6.10 Å². The minimum atomic E-state index is 0.481. The van der Waals surface area contributed by atoms with Crippen molar-refractivity contribution < 1.29 is 4.74 Å². The first-order valence-corrected chi connectivity index (χ1v) is 5.85. The third-order valence-electron chi connectivity index (χ3n) is 3.31. The Morgan fingerprint density at radius 1 is 1.43 bits per heavy atom. The maximum Gasteiger partial charge on any atom is 0.0700 e. The highest BCUT2D eigenvalue weighted by atomic mass is 16.5. The van der Waals surface area contributed by atoms with Gasteiger partial charge in [0.2, 0.25) is 0 Å². The van der Waals surface area contributed by atoms with Crippen molar-refractivity contribution in [1.29, 1.82) is 0 Å². The van der Waals surface area contributed by atoms with Gasteiger partial charge in [0.05, 0.1) is 12.7 Å². The highest BCUT2D eigenvalue weighted by Crippen LogP contribution is 2.16. The van der Waals surface area contributed by atoms with E-state index >= 15 is 0 Å². The second kappa shape index (κ2) is 5.10. The molecule has 0 radical (unpaired) electrons. The predicted molar refractivity (Wildman–Crippen MR) is 57.4 cm³/mol. The Kier molecular flexibility index (Phi) is 3.79. The molecule has 0 aliphatic carbocycles. The van der Waals surface area contributed by atoms with Gasteiger partial charge in [-0.15, -0.1) is 0 Å². The van der Waals surface area contributed by atoms with E-state index < -0.39 is 0 Å². The number of nitrogens with one attached hydrogen (secondary N) is 1. The Balaban J connectivity index is 1.61. The summed E-state index contributed by atoms with van der Waals surface area (Å²) in [6.45, 7) is 5.67. The maximum atomic E-state index is 5.93. The Bertz CT molecular complexity index is 164. The van der Waals surface area contributed by atoms with E-state index in [-0.39, 0.29) is 0 Å². The molecule has 2 aliphatic rings. The molecule has 2 rings (SSSR count). The lowest BCUT2D eigenvalue weighted by Gasteiger charge is -2.24. The second-order valence-corrected chi connectivity index (χ2v) is 4.72. The van der Waals surface area contributed by atoms with Crippen molar-refractivity contribution in [3.05, 3.63) is 0 Å². The first-order valence-electron chi connectivity index (χ1n) is 5.85. The molecule has 2 unspecified atom stereocenters. The second-order valence-electron chi connectivity index (χ2n) is 4.72. The van der Waals surface area contributed by atoms with E-state index in [1.165, 1.54) is 38.9 Å². The summed E-state index contributed by atoms with van der Waals surface area (Å²) in [5, 5.41) is 3.38. The number of likely N-dealkylation sites (tertiary alicyclic amines) is 1. The molecule has 3 nitrogen and oxygen atoms in total. The van der Waals surface area contributed by atoms with Crippen LogP contribution in [-0.4, -0.2) is 50.8 Å². The smallest absolute Gasteiger partial charge is 0.0700 e. The minimum absolute atomic E-state index is 0.481. The normalized spacial score (nSPS) is 34.9. The molecule has 2 aliphatic heterocycles. The quantitative estimate of drug-likeness (QED) is 0.723. The zero-order valence-corrected chi connectivity index (χ0v) is 9.17. The van der Waals surface area contributed by atoms with Crippen LogP contribution in [0.25, 0.3) is 0 Å². The van der Waals surface area contributed by atoms with Gasteiger partial charge in [-0.05, 0) is 45.3 Å². The third-order valence-corrected chi connectivity index (χ3v) is 3.31. The summed E-state index contributed by atoms with van der Waals surface area (Å²) in [7, 11) is 2.20. The fourth-order valence-electron chi connectivity index (χ4n) is 2.40. The fourth-order valence-corrected chi connectivity index (χ4v) is 2.40. The molecule has 1 N–H and O–H groups in total. The molecule has 3 heteroatoms. The Morgan fingerprint density at radius 2 is 2.36 bits per heavy atom. The van der Waals surface area contributed by atoms with Gasteiger partial charge < -0.3 is 15.0 Å². The summed E-state index contributed by atoms with van der Waals surface area (Å²) in [6, 6.07) is 0. The van der Waals surface area contributed by atoms with Crippen LogP contribution >= 0.6 is 0 Å². The summed E-state index contributed by atoms with van der Waals surface area (Å²) in [5.41, 5.74) is 0. The van der Waals surface area contributed by atoms with Crippen LogP contribution < -0.4 is 5.32 Å². The number of piperidine rings is 1. The van der Waals surface area contributed by atoms with Crippen LogP contribution in [0.4, 0.5) is 0 Å². The van der Waals surface area contributed by atoms with E-state index in [1.807, 2.05) is 0 Å². The molecular formula is C11H22N2O. The van der Waals surface area contributed by atoms with Crippen LogP contribution in [0, 0.1) is 5.92 Å². The molecular weight excluding hydrogens is 176 g/mol. The van der Waals surface area contributed by atoms with Gasteiger partial charge in [0.15, 0.2) is 0 Å². The van der Waals surface area contributed by atoms with Crippen molar-refractivity contribution >= 4 is 0 Å². The van der Waals surface area contributed by atoms with Crippen molar-refractivity contribution in [3.8, 4) is 0 Å². The van der Waals surface area contributed by atoms with Gasteiger partial charge in [-0.1, -0.05) is 0 Å². The fraction of sp³-hybridized carbons (Fsp3) is 1.00. The van der Waals surface area contributed by atoms with Crippen molar-refractivity contribution in [2.75, 3.05) is 39.8 Å². The Labute approximate surface area is 86.8 Å². The van der Waals surface area contributed by atoms with Crippen LogP contribution in [0.2, 0.25) is 0 Å². The Hall–Kier alpha value is -0.120. The first kappa shape index (κ1) is 10.4. The highest BCUT2D eigenvalue weighted by Gasteiger charge is 2.21. The molecule has 0 amide bonds. The van der Waals surface area contributed by atoms with Crippen molar-refractivity contribution in [3.63, 3.8) is 0 Å². The lowest BCUT2D eigenvalue weighted by Crippen LogP contribution is -2.36. The zero-order chi connectivity index (χ0) is 9.80. The molecule has 2 heterocycles. The SMILES string of the molecule is CN1CCC(COC2CCCNC2)C1. The van der Waals surface area contributed by atoms with E-state index in [0.717, 1.165) is 19.1 Å². The average Bonchev–Trinajstić information content (AvgIpc) is 2.63. The number of ether oxygens (including phenoxy) is 1. The van der Waals surface area contributed by atoms with Crippen LogP contribution in [0.15, 0.2) is 0 Å². The van der Waals surface area contributed by atoms with Crippen molar-refractivity contribution in [1.82, 2.24) is 10.2 Å². The van der Waals surface area contributed by atoms with E-state index in [4.69, 9.17) is 4.74 Å². The average molecular weight is 198 g/mol. The number of hydrogen-bond acceptors (Lipinski definition) is 3. The monoisotopic (exact) mass is 198 g/mol. The highest BCUT2D eigenvalue weighted by molar-refractivity contribution is 4.74. The standard InChI is InChI=1S/C11H22N2O/c1-13-6-4-10(8-13)9-14-11-3-2-5-12-7-11/h10-12H,2-9H2,1H3. The molecule has 0 spiro atoms. The van der Waals surface area contributed by atoms with Gasteiger partial charge in [0.25, 0.3) is 0 Å². The molecule has 2 saturated heterocycles. The lowest BCUT2D eigenvalue weighted by molar-refractivity contribution is 0.0175. The van der Waals surface area contributed by atoms with E-state index in [2.05, 4.69) is 17.3 Å². The maximum absolute atomic E-state index is 5.93. The molecule has 0 aromatic heterocycles. The van der Waals surface area contributed by atoms with Crippen molar-refractivity contribution in [2.45, 2.75) is 25.4 Å². The zero-order valence-electron chi connectivity index (χ0n) is 9.17. The van der Waals surface area contributed by atoms with Gasteiger partial charge in [0, 0.05) is 13.1 Å². The minimum Gasteiger partial charge on any atom is -0.377 e. The van der Waals surface area contributed by atoms with Gasteiger partial charge in [-0.3, -0.25) is 0 Å². The predicted octanol–water partition coefficient (Wildman–Crippen LogP) is 0.707. The molecule has 0 aromatic carbocycles. The van der Waals surface area contributed by atoms with Crippen LogP contribution in [0.5, 0.6) is 0 Å². The van der Waals surface area contributed by atoms with Gasteiger partial charge in [-0.2, -0.15) is 0 Å². The molecule has 0 bridgehead atoms. The lowest BCUT2D eigenvalue weighted by atomic mass is 10.1. The number of hydrogen-bond donors (Lipinski definition) is 1. The van der Waals surface area contributed by atoms with Crippen LogP contribution in [0.1, 0.15) is 19.3 Å². The Morgan fingerprint density at radius 3 is 3.00 bits per heavy atom. The molecule has 14 heavy (non-hydrogen) atoms. The topological polar surface area (TPSA) is 24.5 Å². The molecule has 2 atom stereocenters. The third kappa shape index (κ3) is 2.94. The molecule has 0 aromatic rings. The largest absolute Gasteiger partial charge is 0.377 e. The van der Waals surface area contributed by atoms with Gasteiger partial charge in [0.1, 0.15) is 0 Å². The summed E-state index contributed by atoms with van der Waals surface area (Å²) >= 11 is 0. The summed E-state index contributed by atoms with van der Waals surface area (Å²) < 4.78 is 5.93.